The normalized spacial score (nSPS) is 23.7. The third-order valence-electron chi connectivity index (χ3n) is 5.30. The Morgan fingerprint density at radius 2 is 1.75 bits per heavy atom. The molecule has 1 heterocycles. The van der Waals surface area contributed by atoms with E-state index in [-0.39, 0.29) is 5.41 Å². The number of hydrogen-bond acceptors (Lipinski definition) is 2. The quantitative estimate of drug-likeness (QED) is 0.806. The van der Waals surface area contributed by atoms with Gasteiger partial charge in [0.25, 0.3) is 0 Å². The smallest absolute Gasteiger partial charge is 0.128 e. The molecule has 0 aliphatic heterocycles. The first kappa shape index (κ1) is 12.7. The Bertz CT molecular complexity index is 498. The number of hydrogen-bond donors (Lipinski definition) is 0. The molecule has 2 saturated carbocycles. The van der Waals surface area contributed by atoms with Crippen LogP contribution >= 0.6 is 0 Å². The summed E-state index contributed by atoms with van der Waals surface area (Å²) in [6, 6.07) is 4.63. The molecule has 2 nitrogen and oxygen atoms in total. The first-order valence-corrected chi connectivity index (χ1v) is 8.37. The molecule has 3 aliphatic carbocycles. The number of rotatable bonds is 5. The van der Waals surface area contributed by atoms with Gasteiger partial charge in [0.1, 0.15) is 5.82 Å². The van der Waals surface area contributed by atoms with Crippen molar-refractivity contribution in [2.75, 3.05) is 18.0 Å². The highest BCUT2D eigenvalue weighted by Gasteiger charge is 2.34. The fraction of sp³-hybridized carbons (Fsp3) is 0.722. The number of fused-ring (bicyclic) bond motifs is 1. The molecule has 20 heavy (non-hydrogen) atoms. The van der Waals surface area contributed by atoms with Crippen LogP contribution in [0.15, 0.2) is 12.1 Å². The summed E-state index contributed by atoms with van der Waals surface area (Å²) in [5.74, 6) is 3.13. The van der Waals surface area contributed by atoms with Crippen molar-refractivity contribution in [2.24, 2.45) is 11.8 Å². The minimum Gasteiger partial charge on any atom is -0.356 e. The Kier molecular flexibility index (Phi) is 2.84. The Hall–Kier alpha value is -1.05. The lowest BCUT2D eigenvalue weighted by atomic mass is 9.90. The second-order valence-corrected chi connectivity index (χ2v) is 7.85. The van der Waals surface area contributed by atoms with E-state index in [4.69, 9.17) is 4.98 Å². The summed E-state index contributed by atoms with van der Waals surface area (Å²) >= 11 is 0. The van der Waals surface area contributed by atoms with Crippen molar-refractivity contribution < 1.29 is 0 Å². The van der Waals surface area contributed by atoms with Crippen LogP contribution in [-0.4, -0.2) is 18.1 Å². The lowest BCUT2D eigenvalue weighted by Crippen LogP contribution is -2.29. The SMILES string of the molecule is CC1(C)CCc2ccc(N(CC3CC3)CC3CC3)nc21. The standard InChI is InChI=1S/C18H26N2/c1-18(2)10-9-15-7-8-16(19-17(15)18)20(11-13-3-4-13)12-14-5-6-14/h7-8,13-14H,3-6,9-12H2,1-2H3. The molecule has 0 bridgehead atoms. The Morgan fingerprint density at radius 1 is 1.10 bits per heavy atom. The van der Waals surface area contributed by atoms with E-state index in [1.807, 2.05) is 0 Å². The molecule has 2 fully saturated rings. The predicted molar refractivity (Wildman–Crippen MR) is 83.2 cm³/mol. The molecule has 2 heteroatoms. The molecule has 4 rings (SSSR count). The molecule has 108 valence electrons. The summed E-state index contributed by atoms with van der Waals surface area (Å²) in [4.78, 5) is 7.68. The van der Waals surface area contributed by atoms with Gasteiger partial charge in [0.05, 0.1) is 5.69 Å². The molecule has 3 aliphatic rings. The molecular formula is C18H26N2. The monoisotopic (exact) mass is 270 g/mol. The molecule has 1 aromatic rings. The topological polar surface area (TPSA) is 16.1 Å². The van der Waals surface area contributed by atoms with Crippen molar-refractivity contribution in [2.45, 2.75) is 57.8 Å². The van der Waals surface area contributed by atoms with Gasteiger partial charge in [0.15, 0.2) is 0 Å². The molecular weight excluding hydrogens is 244 g/mol. The van der Waals surface area contributed by atoms with Crippen LogP contribution in [0.2, 0.25) is 0 Å². The summed E-state index contributed by atoms with van der Waals surface area (Å²) in [6.07, 6.45) is 8.18. The summed E-state index contributed by atoms with van der Waals surface area (Å²) in [6.45, 7) is 7.18. The van der Waals surface area contributed by atoms with Crippen molar-refractivity contribution >= 4 is 5.82 Å². The van der Waals surface area contributed by atoms with E-state index in [9.17, 15) is 0 Å². The van der Waals surface area contributed by atoms with Crippen molar-refractivity contribution in [1.29, 1.82) is 0 Å². The zero-order valence-corrected chi connectivity index (χ0v) is 12.9. The average molecular weight is 270 g/mol. The van der Waals surface area contributed by atoms with Crippen molar-refractivity contribution in [3.8, 4) is 0 Å². The van der Waals surface area contributed by atoms with E-state index in [0.717, 1.165) is 11.8 Å². The summed E-state index contributed by atoms with van der Waals surface area (Å²) in [7, 11) is 0. The summed E-state index contributed by atoms with van der Waals surface area (Å²) in [5, 5.41) is 0. The van der Waals surface area contributed by atoms with Crippen LogP contribution in [0, 0.1) is 11.8 Å². The van der Waals surface area contributed by atoms with Crippen LogP contribution in [0.3, 0.4) is 0 Å². The first-order chi connectivity index (χ1) is 9.62. The van der Waals surface area contributed by atoms with Gasteiger partial charge in [0, 0.05) is 18.5 Å². The molecule has 0 amide bonds. The summed E-state index contributed by atoms with van der Waals surface area (Å²) in [5.41, 5.74) is 3.12. The largest absolute Gasteiger partial charge is 0.356 e. The van der Waals surface area contributed by atoms with E-state index in [2.05, 4.69) is 30.9 Å². The molecule has 0 N–H and O–H groups in total. The van der Waals surface area contributed by atoms with Gasteiger partial charge in [-0.25, -0.2) is 4.98 Å². The molecule has 1 aromatic heterocycles. The minimum atomic E-state index is 0.274. The molecule has 0 spiro atoms. The average Bonchev–Trinajstić information content (AvgIpc) is 3.32. The van der Waals surface area contributed by atoms with Gasteiger partial charge >= 0.3 is 0 Å². The number of anilines is 1. The van der Waals surface area contributed by atoms with Crippen LogP contribution in [0.1, 0.15) is 57.2 Å². The highest BCUT2D eigenvalue weighted by molar-refractivity contribution is 5.46. The van der Waals surface area contributed by atoms with Crippen LogP contribution in [0.4, 0.5) is 5.82 Å². The molecule has 0 atom stereocenters. The lowest BCUT2D eigenvalue weighted by Gasteiger charge is -2.26. The van der Waals surface area contributed by atoms with E-state index >= 15 is 0 Å². The summed E-state index contributed by atoms with van der Waals surface area (Å²) < 4.78 is 0. The highest BCUT2D eigenvalue weighted by Crippen LogP contribution is 2.39. The maximum Gasteiger partial charge on any atom is 0.128 e. The number of nitrogens with zero attached hydrogens (tertiary/aromatic N) is 2. The van der Waals surface area contributed by atoms with E-state index in [0.29, 0.717) is 0 Å². The Labute approximate surface area is 122 Å². The van der Waals surface area contributed by atoms with E-state index < -0.39 is 0 Å². The van der Waals surface area contributed by atoms with Crippen molar-refractivity contribution in [1.82, 2.24) is 4.98 Å². The van der Waals surface area contributed by atoms with Gasteiger partial charge in [-0.05, 0) is 62.0 Å². The maximum atomic E-state index is 5.09. The van der Waals surface area contributed by atoms with Gasteiger partial charge in [-0.15, -0.1) is 0 Å². The zero-order valence-electron chi connectivity index (χ0n) is 12.9. The van der Waals surface area contributed by atoms with Crippen LogP contribution in [0.25, 0.3) is 0 Å². The van der Waals surface area contributed by atoms with E-state index in [1.54, 1.807) is 0 Å². The molecule has 0 unspecified atom stereocenters. The molecule has 0 radical (unpaired) electrons. The fourth-order valence-electron chi connectivity index (χ4n) is 3.49. The predicted octanol–water partition coefficient (Wildman–Crippen LogP) is 3.93. The number of aryl methyl sites for hydroxylation is 1. The van der Waals surface area contributed by atoms with Crippen LogP contribution < -0.4 is 4.90 Å². The van der Waals surface area contributed by atoms with Crippen LogP contribution in [0.5, 0.6) is 0 Å². The van der Waals surface area contributed by atoms with Gasteiger partial charge in [-0.2, -0.15) is 0 Å². The maximum absolute atomic E-state index is 5.09. The second kappa shape index (κ2) is 4.47. The van der Waals surface area contributed by atoms with Gasteiger partial charge in [0.2, 0.25) is 0 Å². The van der Waals surface area contributed by atoms with E-state index in [1.165, 1.54) is 68.7 Å². The Balaban J connectivity index is 1.61. The minimum absolute atomic E-state index is 0.274. The van der Waals surface area contributed by atoms with Gasteiger partial charge in [-0.3, -0.25) is 0 Å². The Morgan fingerprint density at radius 3 is 2.35 bits per heavy atom. The third-order valence-corrected chi connectivity index (χ3v) is 5.30. The lowest BCUT2D eigenvalue weighted by molar-refractivity contribution is 0.508. The highest BCUT2D eigenvalue weighted by atomic mass is 15.2. The van der Waals surface area contributed by atoms with Gasteiger partial charge in [-0.1, -0.05) is 19.9 Å². The fourth-order valence-corrected chi connectivity index (χ4v) is 3.49. The van der Waals surface area contributed by atoms with Crippen molar-refractivity contribution in [3.05, 3.63) is 23.4 Å². The zero-order chi connectivity index (χ0) is 13.7. The van der Waals surface area contributed by atoms with Crippen LogP contribution in [-0.2, 0) is 11.8 Å². The first-order valence-electron chi connectivity index (χ1n) is 8.37. The van der Waals surface area contributed by atoms with Crippen molar-refractivity contribution in [3.63, 3.8) is 0 Å². The second-order valence-electron chi connectivity index (χ2n) is 7.85. The molecule has 0 saturated heterocycles. The van der Waals surface area contributed by atoms with Gasteiger partial charge < -0.3 is 4.90 Å². The number of pyridine rings is 1. The molecule has 0 aromatic carbocycles. The third kappa shape index (κ3) is 2.45. The number of aromatic nitrogens is 1.